The molecule has 0 atom stereocenters. The zero-order valence-electron chi connectivity index (χ0n) is 7.54. The summed E-state index contributed by atoms with van der Waals surface area (Å²) in [5.41, 5.74) is 5.31. The molecule has 0 aromatic heterocycles. The van der Waals surface area contributed by atoms with Crippen LogP contribution in [0, 0.1) is 5.82 Å². The lowest BCUT2D eigenvalue weighted by atomic mass is 10.1. The van der Waals surface area contributed by atoms with Gasteiger partial charge in [-0.3, -0.25) is 4.79 Å². The number of carbonyl (C=O) groups is 1. The second-order valence-corrected chi connectivity index (χ2v) is 3.94. The summed E-state index contributed by atoms with van der Waals surface area (Å²) in [6.07, 6.45) is 2.70. The van der Waals surface area contributed by atoms with Crippen LogP contribution in [0.1, 0.15) is 24.3 Å². The van der Waals surface area contributed by atoms with Crippen molar-refractivity contribution in [1.82, 2.24) is 0 Å². The summed E-state index contributed by atoms with van der Waals surface area (Å²) in [6.45, 7) is 0. The Morgan fingerprint density at radius 3 is 2.50 bits per heavy atom. The fraction of sp³-hybridized carbons (Fsp3) is 0.300. The van der Waals surface area contributed by atoms with Crippen molar-refractivity contribution in [2.75, 3.05) is 0 Å². The van der Waals surface area contributed by atoms with Gasteiger partial charge in [0.2, 0.25) is 6.41 Å². The molecule has 2 N–H and O–H groups in total. The Bertz CT molecular complexity index is 326. The Morgan fingerprint density at radius 2 is 2.07 bits per heavy atom. The Balaban J connectivity index is 0.000000293. The number of hydrogen-bond donors (Lipinski definition) is 1. The summed E-state index contributed by atoms with van der Waals surface area (Å²) in [5.74, 6) is 0.493. The van der Waals surface area contributed by atoms with E-state index < -0.39 is 0 Å². The molecule has 0 spiro atoms. The van der Waals surface area contributed by atoms with Crippen molar-refractivity contribution in [2.24, 2.45) is 5.73 Å². The molecule has 0 heterocycles. The molecule has 0 bridgehead atoms. The smallest absolute Gasteiger partial charge is 0.204 e. The minimum absolute atomic E-state index is 0.144. The molecule has 0 radical (unpaired) electrons. The molecular formula is C10H11BrFNO. The van der Waals surface area contributed by atoms with E-state index in [4.69, 9.17) is 4.79 Å². The summed E-state index contributed by atoms with van der Waals surface area (Å²) in [4.78, 5) is 8.58. The zero-order valence-corrected chi connectivity index (χ0v) is 9.13. The molecule has 1 aromatic carbocycles. The number of hydrogen-bond acceptors (Lipinski definition) is 1. The first-order valence-electron chi connectivity index (χ1n) is 4.29. The predicted octanol–water partition coefficient (Wildman–Crippen LogP) is 2.57. The average molecular weight is 260 g/mol. The molecule has 0 saturated heterocycles. The molecule has 0 aliphatic heterocycles. The van der Waals surface area contributed by atoms with Gasteiger partial charge in [0.15, 0.2) is 0 Å². The van der Waals surface area contributed by atoms with Crippen LogP contribution >= 0.6 is 15.9 Å². The molecule has 1 saturated carbocycles. The molecule has 4 heteroatoms. The highest BCUT2D eigenvalue weighted by Gasteiger charge is 2.23. The van der Waals surface area contributed by atoms with Gasteiger partial charge in [0, 0.05) is 0 Å². The van der Waals surface area contributed by atoms with Gasteiger partial charge in [0.25, 0.3) is 0 Å². The van der Waals surface area contributed by atoms with Gasteiger partial charge in [0.05, 0.1) is 4.47 Å². The Labute approximate surface area is 90.4 Å². The van der Waals surface area contributed by atoms with Gasteiger partial charge in [-0.05, 0) is 52.4 Å². The molecule has 1 fully saturated rings. The van der Waals surface area contributed by atoms with E-state index in [1.165, 1.54) is 12.8 Å². The van der Waals surface area contributed by atoms with Crippen LogP contribution in [0.15, 0.2) is 22.7 Å². The third-order valence-electron chi connectivity index (χ3n) is 1.99. The standard InChI is InChI=1S/C9H8BrF.CH3NO/c10-8-4-3-7(5-9(8)11)6-1-2-6;2-1-3/h3-6H,1-2H2;1H,(H2,2,3). The lowest BCUT2D eigenvalue weighted by Crippen LogP contribution is -1.82. The molecule has 1 aliphatic carbocycles. The van der Waals surface area contributed by atoms with Crippen molar-refractivity contribution in [3.05, 3.63) is 34.1 Å². The maximum absolute atomic E-state index is 12.9. The maximum atomic E-state index is 12.9. The second kappa shape index (κ2) is 5.10. The molecule has 1 aromatic rings. The minimum atomic E-state index is -0.144. The summed E-state index contributed by atoms with van der Waals surface area (Å²) in [7, 11) is 0. The number of rotatable bonds is 1. The largest absolute Gasteiger partial charge is 0.372 e. The quantitative estimate of drug-likeness (QED) is 0.775. The first-order valence-corrected chi connectivity index (χ1v) is 5.08. The van der Waals surface area contributed by atoms with Crippen LogP contribution in [-0.2, 0) is 4.79 Å². The van der Waals surface area contributed by atoms with Crippen molar-refractivity contribution < 1.29 is 9.18 Å². The van der Waals surface area contributed by atoms with E-state index in [0.29, 0.717) is 10.4 Å². The van der Waals surface area contributed by atoms with Crippen LogP contribution in [0.25, 0.3) is 0 Å². The van der Waals surface area contributed by atoms with Crippen molar-refractivity contribution in [1.29, 1.82) is 0 Å². The maximum Gasteiger partial charge on any atom is 0.204 e. The van der Waals surface area contributed by atoms with Crippen LogP contribution in [-0.4, -0.2) is 6.41 Å². The van der Waals surface area contributed by atoms with Gasteiger partial charge in [-0.1, -0.05) is 6.07 Å². The van der Waals surface area contributed by atoms with E-state index in [1.807, 2.05) is 6.07 Å². The molecule has 2 rings (SSSR count). The van der Waals surface area contributed by atoms with Crippen LogP contribution in [0.3, 0.4) is 0 Å². The van der Waals surface area contributed by atoms with Gasteiger partial charge in [0.1, 0.15) is 5.82 Å². The van der Waals surface area contributed by atoms with E-state index in [1.54, 1.807) is 12.1 Å². The van der Waals surface area contributed by atoms with Gasteiger partial charge in [-0.25, -0.2) is 4.39 Å². The Hall–Kier alpha value is -0.900. The van der Waals surface area contributed by atoms with Gasteiger partial charge >= 0.3 is 0 Å². The summed E-state index contributed by atoms with van der Waals surface area (Å²) in [5, 5.41) is 0. The van der Waals surface area contributed by atoms with E-state index in [9.17, 15) is 4.39 Å². The SMILES string of the molecule is Fc1cc(C2CC2)ccc1Br.NC=O. The Kier molecular flexibility index (Phi) is 4.07. The van der Waals surface area contributed by atoms with Gasteiger partial charge in [-0.2, -0.15) is 0 Å². The molecular weight excluding hydrogens is 249 g/mol. The fourth-order valence-corrected chi connectivity index (χ4v) is 1.43. The van der Waals surface area contributed by atoms with Crippen molar-refractivity contribution >= 4 is 22.3 Å². The number of carbonyl (C=O) groups excluding carboxylic acids is 1. The fourth-order valence-electron chi connectivity index (χ4n) is 1.18. The highest BCUT2D eigenvalue weighted by atomic mass is 79.9. The zero-order chi connectivity index (χ0) is 10.6. The number of halogens is 2. The van der Waals surface area contributed by atoms with Crippen LogP contribution in [0.2, 0.25) is 0 Å². The highest BCUT2D eigenvalue weighted by Crippen LogP contribution is 2.40. The molecule has 76 valence electrons. The second-order valence-electron chi connectivity index (χ2n) is 3.08. The average Bonchev–Trinajstić information content (AvgIpc) is 2.94. The first kappa shape index (κ1) is 11.2. The number of amides is 1. The minimum Gasteiger partial charge on any atom is -0.372 e. The van der Waals surface area contributed by atoms with E-state index in [2.05, 4.69) is 21.7 Å². The highest BCUT2D eigenvalue weighted by molar-refractivity contribution is 9.10. The van der Waals surface area contributed by atoms with E-state index >= 15 is 0 Å². The monoisotopic (exact) mass is 259 g/mol. The van der Waals surface area contributed by atoms with Crippen molar-refractivity contribution in [3.8, 4) is 0 Å². The lowest BCUT2D eigenvalue weighted by molar-refractivity contribution is -0.106. The summed E-state index contributed by atoms with van der Waals surface area (Å²) in [6, 6.07) is 5.40. The summed E-state index contributed by atoms with van der Waals surface area (Å²) < 4.78 is 13.5. The third kappa shape index (κ3) is 3.10. The third-order valence-corrected chi connectivity index (χ3v) is 2.64. The lowest BCUT2D eigenvalue weighted by Gasteiger charge is -1.98. The number of benzene rings is 1. The number of primary amides is 1. The van der Waals surface area contributed by atoms with Crippen LogP contribution in [0.4, 0.5) is 4.39 Å². The molecule has 0 unspecified atom stereocenters. The van der Waals surface area contributed by atoms with Crippen LogP contribution in [0.5, 0.6) is 0 Å². The van der Waals surface area contributed by atoms with Crippen molar-refractivity contribution in [3.63, 3.8) is 0 Å². The topological polar surface area (TPSA) is 43.1 Å². The normalized spacial score (nSPS) is 14.1. The first-order chi connectivity index (χ1) is 6.69. The Morgan fingerprint density at radius 1 is 1.50 bits per heavy atom. The molecule has 1 aliphatic rings. The van der Waals surface area contributed by atoms with Gasteiger partial charge in [-0.15, -0.1) is 0 Å². The van der Waals surface area contributed by atoms with Crippen molar-refractivity contribution in [2.45, 2.75) is 18.8 Å². The molecule has 1 amide bonds. The predicted molar refractivity (Wildman–Crippen MR) is 56.3 cm³/mol. The molecule has 2 nitrogen and oxygen atoms in total. The molecule has 14 heavy (non-hydrogen) atoms. The summed E-state index contributed by atoms with van der Waals surface area (Å²) >= 11 is 3.12. The van der Waals surface area contributed by atoms with E-state index in [-0.39, 0.29) is 12.2 Å². The van der Waals surface area contributed by atoms with Crippen LogP contribution < -0.4 is 5.73 Å². The number of nitrogens with two attached hydrogens (primary N) is 1. The van der Waals surface area contributed by atoms with E-state index in [0.717, 1.165) is 5.56 Å². The van der Waals surface area contributed by atoms with Gasteiger partial charge < -0.3 is 5.73 Å².